The average molecular weight is 1950 g/mol. The van der Waals surface area contributed by atoms with E-state index in [1.54, 1.807) is 201 Å². The normalized spacial score (nSPS) is 10.4. The number of aromatic nitrogens is 18. The van der Waals surface area contributed by atoms with Crippen LogP contribution in [0.25, 0.3) is 0 Å². The molecule has 12 heterocycles. The third-order valence-corrected chi connectivity index (χ3v) is 21.8. The Morgan fingerprint density at radius 1 is 0.364 bits per heavy atom. The molecule has 702 valence electrons. The largest absolute Gasteiger partial charge is 0.456 e. The highest BCUT2D eigenvalue weighted by atomic mass is 35.5. The topological polar surface area (TPSA) is 370 Å². The Labute approximate surface area is 818 Å². The molecule has 18 rings (SSSR count). The molecule has 37 heteroatoms. The maximum atomic E-state index is 14.0. The van der Waals surface area contributed by atoms with Gasteiger partial charge in [-0.1, -0.05) is 53.5 Å². The van der Waals surface area contributed by atoms with Gasteiger partial charge in [-0.15, -0.1) is 22.7 Å². The number of pyridine rings is 5. The number of rotatable bonds is 30. The number of aryl methyl sites for hydroxylation is 4. The van der Waals surface area contributed by atoms with Crippen molar-refractivity contribution < 1.29 is 60.9 Å². The van der Waals surface area contributed by atoms with Crippen LogP contribution in [0.1, 0.15) is 112 Å². The van der Waals surface area contributed by atoms with Crippen LogP contribution in [0.5, 0.6) is 46.0 Å². The lowest BCUT2D eigenvalue weighted by Gasteiger charge is -2.19. The van der Waals surface area contributed by atoms with Crippen LogP contribution in [0.2, 0.25) is 10.0 Å². The second-order valence-corrected chi connectivity index (χ2v) is 33.2. The number of ether oxygens (including phenoxy) is 4. The van der Waals surface area contributed by atoms with Gasteiger partial charge in [0.1, 0.15) is 93.6 Å². The van der Waals surface area contributed by atoms with Gasteiger partial charge < -0.3 is 28.7 Å². The van der Waals surface area contributed by atoms with Crippen molar-refractivity contribution in [2.24, 2.45) is 7.05 Å². The number of carbonyl (C=O) groups is 6. The zero-order chi connectivity index (χ0) is 98.7. The smallest absolute Gasteiger partial charge is 0.170 e. The van der Waals surface area contributed by atoms with Crippen molar-refractivity contribution in [2.75, 3.05) is 23.9 Å². The average Bonchev–Trinajstić information content (AvgIpc) is 0.856. The molecule has 0 spiro atoms. The standard InChI is InChI=1S/C19H16N2O2.C18H14ClN3O2.C17H11ClFN3O2.C17H15FN4OS.C16H13FN4OS.C16H14N4O2/c1-14-10-15(7-9-21-14)11-19(22)16-4-2-5-17(12-16)23-18-6-3-8-20-13-18;1-12-2-3-15(22-8-12)7-18(23)13-4-14(19)6-16(5-13)24-17-9-20-11-21-10-17;18-12-4-11(17(23)7-16-15(19)2-1-3-22-16)5-13(6-12)24-14-8-20-10-21-9-14;1-11-9-24-17(21-11)6-16(23)12-3-13(18)5-14(4-12)22(2)15-7-19-10-20-8-15;1-21(14-8-18-10-19-9-14)13-5-11(4-12(17)6-13)15(22)7-16-20-2-3-23-16;1-20-11-18-16(19-20)9-15(21)12-4-2-5-13(8-12)22-14-6-3-7-17-10-14/h2-10,12-13H,11H2,1H3;2-6,8-11H,7H2,1H3;1-6,8-10H,7H2;3-5,7-10H,6H2,1-2H3;2-6,8-10H,7H2,1H3;2-8,10-11H,9H2,1H3. The van der Waals surface area contributed by atoms with E-state index >= 15 is 0 Å². The Kier molecular flexibility index (Phi) is 36.2. The van der Waals surface area contributed by atoms with Gasteiger partial charge in [0.15, 0.2) is 52.0 Å². The molecule has 0 aliphatic heterocycles. The van der Waals surface area contributed by atoms with E-state index in [9.17, 15) is 41.9 Å². The number of ketones is 6. The number of Topliss-reactive ketones (excluding diaryl/α,β-unsaturated/α-hetero) is 6. The molecular weight excluding hydrogens is 1870 g/mol. The summed E-state index contributed by atoms with van der Waals surface area (Å²) in [6.07, 6.45) is 33.8. The van der Waals surface area contributed by atoms with Crippen LogP contribution in [0.4, 0.5) is 35.9 Å². The number of carbonyl (C=O) groups excluding carboxylic acids is 6. The highest BCUT2D eigenvalue weighted by molar-refractivity contribution is 7.10. The highest BCUT2D eigenvalue weighted by Gasteiger charge is 2.21. The lowest BCUT2D eigenvalue weighted by atomic mass is 10.0. The zero-order valence-corrected chi connectivity index (χ0v) is 78.7. The Hall–Kier alpha value is -17.0. The Morgan fingerprint density at radius 3 is 1.31 bits per heavy atom. The quantitative estimate of drug-likeness (QED) is 0.0377. The summed E-state index contributed by atoms with van der Waals surface area (Å²) in [4.78, 5) is 142. The van der Waals surface area contributed by atoms with E-state index < -0.39 is 17.5 Å². The van der Waals surface area contributed by atoms with E-state index in [0.717, 1.165) is 27.5 Å². The van der Waals surface area contributed by atoms with Crippen molar-refractivity contribution in [1.29, 1.82) is 0 Å². The number of hydrogen-bond donors (Lipinski definition) is 0. The number of thiazole rings is 2. The molecule has 140 heavy (non-hydrogen) atoms. The molecule has 0 radical (unpaired) electrons. The van der Waals surface area contributed by atoms with E-state index in [4.69, 9.17) is 42.1 Å². The Bertz CT molecular complexity index is 7220. The molecule has 0 amide bonds. The number of halogens is 5. The lowest BCUT2D eigenvalue weighted by Crippen LogP contribution is -2.12. The SMILES string of the molecule is CN(c1cncnc1)c1cc(F)cc(C(=O)Cc2nccs2)c1.Cc1cc(CC(=O)c2cccc(Oc3cccnc3)c2)ccn1.Cc1ccc(CC(=O)c2cc(Cl)cc(Oc3cncnc3)c2)nc1.Cc1csc(CC(=O)c2cc(F)cc(N(C)c3cncnc3)c2)n1.Cn1cnc(CC(=O)c2cccc(Oc3cccnc3)c2)n1.O=C(Cc1ncccc1F)c1cc(Cl)cc(Oc2cncnc2)c1. The fraction of sp³-hybridized carbons (Fsp3) is 0.117. The van der Waals surface area contributed by atoms with Crippen LogP contribution in [-0.2, 0) is 45.6 Å². The first-order valence-corrected chi connectivity index (χ1v) is 45.0. The minimum atomic E-state index is -0.522. The minimum Gasteiger partial charge on any atom is -0.456 e. The van der Waals surface area contributed by atoms with Gasteiger partial charge in [-0.3, -0.25) is 58.4 Å². The van der Waals surface area contributed by atoms with Crippen molar-refractivity contribution in [1.82, 2.24) is 89.5 Å². The van der Waals surface area contributed by atoms with E-state index in [1.165, 1.54) is 127 Å². The lowest BCUT2D eigenvalue weighted by molar-refractivity contribution is 0.0982. The zero-order valence-electron chi connectivity index (χ0n) is 75.6. The molecule has 0 aliphatic carbocycles. The monoisotopic (exact) mass is 1950 g/mol. The third kappa shape index (κ3) is 31.5. The third-order valence-electron chi connectivity index (χ3n) is 19.6. The van der Waals surface area contributed by atoms with E-state index in [0.29, 0.717) is 135 Å². The van der Waals surface area contributed by atoms with Crippen LogP contribution in [0, 0.1) is 38.2 Å². The van der Waals surface area contributed by atoms with E-state index in [2.05, 4.69) is 84.8 Å². The Morgan fingerprint density at radius 2 is 0.836 bits per heavy atom. The van der Waals surface area contributed by atoms with Gasteiger partial charge in [0.05, 0.1) is 111 Å². The molecular formula is C103H83Cl2F3N20O10S2. The van der Waals surface area contributed by atoms with Crippen LogP contribution in [0.15, 0.2) is 324 Å². The first-order chi connectivity index (χ1) is 67.8. The molecule has 0 aliphatic rings. The Balaban J connectivity index is 0.000000141. The van der Waals surface area contributed by atoms with Crippen LogP contribution in [-0.4, -0.2) is 138 Å². The van der Waals surface area contributed by atoms with Crippen LogP contribution >= 0.6 is 45.9 Å². The van der Waals surface area contributed by atoms with Crippen molar-refractivity contribution >= 4 is 103 Å². The van der Waals surface area contributed by atoms with E-state index in [1.807, 2.05) is 74.0 Å². The summed E-state index contributed by atoms with van der Waals surface area (Å²) in [5.41, 5.74) is 9.72. The molecule has 0 atom stereocenters. The summed E-state index contributed by atoms with van der Waals surface area (Å²) in [6, 6.07) is 49.8. The first kappa shape index (κ1) is 100. The molecule has 12 aromatic heterocycles. The van der Waals surface area contributed by atoms with Crippen LogP contribution < -0.4 is 28.7 Å². The number of anilines is 4. The summed E-state index contributed by atoms with van der Waals surface area (Å²) in [5.74, 6) is 2.50. The first-order valence-electron chi connectivity index (χ1n) is 42.5. The van der Waals surface area contributed by atoms with Gasteiger partial charge >= 0.3 is 0 Å². The second-order valence-electron chi connectivity index (χ2n) is 30.4. The van der Waals surface area contributed by atoms with Gasteiger partial charge in [-0.2, -0.15) is 5.10 Å². The summed E-state index contributed by atoms with van der Waals surface area (Å²) < 4.78 is 65.7. The molecule has 0 fully saturated rings. The fourth-order valence-corrected chi connectivity index (χ4v) is 14.7. The molecule has 6 aromatic carbocycles. The highest BCUT2D eigenvalue weighted by Crippen LogP contribution is 2.33. The minimum absolute atomic E-state index is 0.0484. The fourth-order valence-electron chi connectivity index (χ4n) is 12.8. The number of benzene rings is 6. The molecule has 0 saturated carbocycles. The molecule has 30 nitrogen and oxygen atoms in total. The second kappa shape index (κ2) is 50.5. The number of hydrogen-bond acceptors (Lipinski definition) is 31. The van der Waals surface area contributed by atoms with Gasteiger partial charge in [-0.05, 0) is 184 Å². The maximum Gasteiger partial charge on any atom is 0.170 e. The molecule has 0 N–H and O–H groups in total. The summed E-state index contributed by atoms with van der Waals surface area (Å²) in [5, 5.41) is 10.0. The van der Waals surface area contributed by atoms with Gasteiger partial charge in [0.2, 0.25) is 0 Å². The van der Waals surface area contributed by atoms with E-state index in [-0.39, 0.29) is 72.5 Å². The van der Waals surface area contributed by atoms with Crippen molar-refractivity contribution in [2.45, 2.75) is 59.3 Å². The van der Waals surface area contributed by atoms with Crippen molar-refractivity contribution in [3.05, 3.63) is 434 Å². The van der Waals surface area contributed by atoms with Gasteiger partial charge in [0.25, 0.3) is 0 Å². The molecule has 0 saturated heterocycles. The predicted octanol–water partition coefficient (Wildman–Crippen LogP) is 21.2. The van der Waals surface area contributed by atoms with Crippen molar-refractivity contribution in [3.8, 4) is 46.0 Å². The van der Waals surface area contributed by atoms with Crippen molar-refractivity contribution in [3.63, 3.8) is 0 Å². The van der Waals surface area contributed by atoms with Gasteiger partial charge in [0, 0.05) is 147 Å². The number of nitrogens with zero attached hydrogens (tertiary/aromatic N) is 20. The summed E-state index contributed by atoms with van der Waals surface area (Å²) >= 11 is 15.0. The predicted molar refractivity (Wildman–Crippen MR) is 522 cm³/mol. The van der Waals surface area contributed by atoms with Crippen LogP contribution in [0.3, 0.4) is 0 Å². The van der Waals surface area contributed by atoms with Gasteiger partial charge in [-0.25, -0.2) is 68.0 Å². The maximum absolute atomic E-state index is 14.0. The summed E-state index contributed by atoms with van der Waals surface area (Å²) in [7, 11) is 5.30. The summed E-state index contributed by atoms with van der Waals surface area (Å²) in [6.45, 7) is 5.74. The molecule has 0 unspecified atom stereocenters. The molecule has 18 aromatic rings. The molecule has 0 bridgehead atoms.